The van der Waals surface area contributed by atoms with E-state index in [0.29, 0.717) is 18.0 Å². The number of anilines is 1. The van der Waals surface area contributed by atoms with Crippen LogP contribution in [-0.4, -0.2) is 21.4 Å². The van der Waals surface area contributed by atoms with Crippen molar-refractivity contribution in [2.24, 2.45) is 0 Å². The van der Waals surface area contributed by atoms with E-state index in [-0.39, 0.29) is 11.6 Å². The molecule has 2 amide bonds. The Bertz CT molecular complexity index is 1140. The fourth-order valence-corrected chi connectivity index (χ4v) is 3.79. The molecule has 1 atom stereocenters. The smallest absolute Gasteiger partial charge is 0.280 e. The standard InChI is InChI=1S/C24H22N4O3S/c1-2-17-10-12-19(13-11-17)28(24(30)20-16-32-27-26-20)22(21-9-6-14-31-21)23(29)25-15-18-7-4-3-5-8-18/h3-14,16,22H,2,15H2,1H3,(H,25,29)/t22-/m0/s1. The SMILES string of the molecule is CCc1ccc(N(C(=O)c2csnn2)[C@H](C(=O)NCc2ccccc2)c2ccco2)cc1. The quantitative estimate of drug-likeness (QED) is 0.433. The minimum absolute atomic E-state index is 0.169. The van der Waals surface area contributed by atoms with Crippen LogP contribution in [0.15, 0.2) is 82.8 Å². The molecule has 32 heavy (non-hydrogen) atoms. The first-order chi connectivity index (χ1) is 15.7. The normalized spacial score (nSPS) is 11.7. The Morgan fingerprint density at radius 1 is 1.03 bits per heavy atom. The number of aromatic nitrogens is 2. The summed E-state index contributed by atoms with van der Waals surface area (Å²) < 4.78 is 9.41. The van der Waals surface area contributed by atoms with Gasteiger partial charge in [-0.1, -0.05) is 53.9 Å². The number of benzene rings is 2. The molecule has 0 unspecified atom stereocenters. The first-order valence-corrected chi connectivity index (χ1v) is 11.1. The first kappa shape index (κ1) is 21.5. The van der Waals surface area contributed by atoms with Crippen LogP contribution in [0.3, 0.4) is 0 Å². The molecule has 2 aromatic carbocycles. The maximum absolute atomic E-state index is 13.5. The van der Waals surface area contributed by atoms with Crippen LogP contribution in [0.4, 0.5) is 5.69 Å². The van der Waals surface area contributed by atoms with Crippen molar-refractivity contribution in [2.75, 3.05) is 4.90 Å². The highest BCUT2D eigenvalue weighted by Gasteiger charge is 2.36. The monoisotopic (exact) mass is 446 g/mol. The van der Waals surface area contributed by atoms with E-state index in [4.69, 9.17) is 4.42 Å². The largest absolute Gasteiger partial charge is 0.467 e. The third-order valence-electron chi connectivity index (χ3n) is 5.05. The molecule has 2 aromatic heterocycles. The van der Waals surface area contributed by atoms with Crippen molar-refractivity contribution in [3.8, 4) is 0 Å². The van der Waals surface area contributed by atoms with Gasteiger partial charge < -0.3 is 9.73 Å². The van der Waals surface area contributed by atoms with Gasteiger partial charge in [0.1, 0.15) is 5.76 Å². The molecule has 0 radical (unpaired) electrons. The fourth-order valence-electron chi connectivity index (χ4n) is 3.36. The summed E-state index contributed by atoms with van der Waals surface area (Å²) in [5.41, 5.74) is 2.81. The number of rotatable bonds is 8. The van der Waals surface area contributed by atoms with Gasteiger partial charge in [-0.2, -0.15) is 0 Å². The summed E-state index contributed by atoms with van der Waals surface area (Å²) in [4.78, 5) is 28.3. The van der Waals surface area contributed by atoms with E-state index in [0.717, 1.165) is 29.1 Å². The van der Waals surface area contributed by atoms with E-state index in [1.807, 2.05) is 54.6 Å². The van der Waals surface area contributed by atoms with Gasteiger partial charge in [0.25, 0.3) is 11.8 Å². The summed E-state index contributed by atoms with van der Waals surface area (Å²) in [6.45, 7) is 2.38. The molecule has 0 spiro atoms. The molecule has 0 saturated heterocycles. The Hall–Kier alpha value is -3.78. The van der Waals surface area contributed by atoms with Gasteiger partial charge in [0.05, 0.1) is 6.26 Å². The number of furan rings is 1. The predicted octanol–water partition coefficient (Wildman–Crippen LogP) is 4.40. The van der Waals surface area contributed by atoms with Crippen molar-refractivity contribution in [3.63, 3.8) is 0 Å². The van der Waals surface area contributed by atoms with Crippen molar-refractivity contribution in [1.29, 1.82) is 0 Å². The Morgan fingerprint density at radius 3 is 2.44 bits per heavy atom. The van der Waals surface area contributed by atoms with Crippen LogP contribution in [0.2, 0.25) is 0 Å². The summed E-state index contributed by atoms with van der Waals surface area (Å²) in [6, 6.07) is 19.5. The van der Waals surface area contributed by atoms with Gasteiger partial charge in [-0.05, 0) is 53.3 Å². The van der Waals surface area contributed by atoms with Crippen molar-refractivity contribution in [2.45, 2.75) is 25.9 Å². The van der Waals surface area contributed by atoms with Crippen LogP contribution < -0.4 is 10.2 Å². The lowest BCUT2D eigenvalue weighted by Gasteiger charge is -2.29. The second-order valence-corrected chi connectivity index (χ2v) is 7.72. The summed E-state index contributed by atoms with van der Waals surface area (Å²) in [7, 11) is 0. The highest BCUT2D eigenvalue weighted by atomic mass is 32.1. The molecule has 2 heterocycles. The van der Waals surface area contributed by atoms with E-state index in [1.54, 1.807) is 17.5 Å². The van der Waals surface area contributed by atoms with Gasteiger partial charge in [0.15, 0.2) is 11.7 Å². The van der Waals surface area contributed by atoms with Gasteiger partial charge in [0, 0.05) is 17.6 Å². The molecule has 4 rings (SSSR count). The summed E-state index contributed by atoms with van der Waals surface area (Å²) in [6.07, 6.45) is 2.35. The number of nitrogens with zero attached hydrogens (tertiary/aromatic N) is 3. The highest BCUT2D eigenvalue weighted by molar-refractivity contribution is 7.03. The van der Waals surface area contributed by atoms with Crippen LogP contribution in [0.5, 0.6) is 0 Å². The zero-order valence-electron chi connectivity index (χ0n) is 17.5. The Morgan fingerprint density at radius 2 is 1.81 bits per heavy atom. The van der Waals surface area contributed by atoms with Crippen LogP contribution in [0, 0.1) is 0 Å². The molecule has 0 bridgehead atoms. The molecule has 4 aromatic rings. The lowest BCUT2D eigenvalue weighted by molar-refractivity contribution is -0.123. The predicted molar refractivity (Wildman–Crippen MR) is 122 cm³/mol. The molecule has 1 N–H and O–H groups in total. The number of hydrogen-bond donors (Lipinski definition) is 1. The summed E-state index contributed by atoms with van der Waals surface area (Å²) >= 11 is 1.08. The average Bonchev–Trinajstić information content (AvgIpc) is 3.56. The molecular weight excluding hydrogens is 424 g/mol. The van der Waals surface area contributed by atoms with Crippen LogP contribution in [0.1, 0.15) is 40.3 Å². The number of aryl methyl sites for hydroxylation is 1. The Labute approximate surface area is 189 Å². The average molecular weight is 447 g/mol. The lowest BCUT2D eigenvalue weighted by atomic mass is 10.1. The van der Waals surface area contributed by atoms with Crippen LogP contribution >= 0.6 is 11.5 Å². The van der Waals surface area contributed by atoms with E-state index in [1.165, 1.54) is 11.2 Å². The zero-order chi connectivity index (χ0) is 22.3. The van der Waals surface area contributed by atoms with E-state index >= 15 is 0 Å². The summed E-state index contributed by atoms with van der Waals surface area (Å²) in [5.74, 6) is -0.439. The second-order valence-electron chi connectivity index (χ2n) is 7.11. The number of carbonyl (C=O) groups is 2. The van der Waals surface area contributed by atoms with Crippen molar-refractivity contribution < 1.29 is 14.0 Å². The molecule has 0 saturated carbocycles. The number of nitrogens with one attached hydrogen (secondary N) is 1. The molecule has 0 fully saturated rings. The third kappa shape index (κ3) is 4.76. The molecular formula is C24H22N4O3S. The molecule has 0 aliphatic heterocycles. The molecule has 162 valence electrons. The van der Waals surface area contributed by atoms with Crippen molar-refractivity contribution >= 4 is 29.0 Å². The Balaban J connectivity index is 1.72. The van der Waals surface area contributed by atoms with Crippen molar-refractivity contribution in [1.82, 2.24) is 14.9 Å². The van der Waals surface area contributed by atoms with E-state index in [2.05, 4.69) is 21.8 Å². The number of hydrogen-bond acceptors (Lipinski definition) is 6. The van der Waals surface area contributed by atoms with Gasteiger partial charge in [-0.25, -0.2) is 0 Å². The van der Waals surface area contributed by atoms with Gasteiger partial charge in [-0.3, -0.25) is 14.5 Å². The second kappa shape index (κ2) is 10.0. The maximum atomic E-state index is 13.5. The fraction of sp³-hybridized carbons (Fsp3) is 0.167. The highest BCUT2D eigenvalue weighted by Crippen LogP contribution is 2.30. The lowest BCUT2D eigenvalue weighted by Crippen LogP contribution is -2.44. The third-order valence-corrected chi connectivity index (χ3v) is 5.55. The topological polar surface area (TPSA) is 88.3 Å². The van der Waals surface area contributed by atoms with Gasteiger partial charge in [-0.15, -0.1) is 5.10 Å². The Kier molecular flexibility index (Phi) is 6.72. The molecule has 7 nitrogen and oxygen atoms in total. The molecule has 0 aliphatic rings. The number of amides is 2. The van der Waals surface area contributed by atoms with Crippen molar-refractivity contribution in [3.05, 3.63) is 101 Å². The minimum atomic E-state index is -1.02. The van der Waals surface area contributed by atoms with E-state index < -0.39 is 11.9 Å². The molecule has 0 aliphatic carbocycles. The summed E-state index contributed by atoms with van der Waals surface area (Å²) in [5, 5.41) is 8.43. The zero-order valence-corrected chi connectivity index (χ0v) is 18.3. The van der Waals surface area contributed by atoms with E-state index in [9.17, 15) is 9.59 Å². The molecule has 8 heteroatoms. The number of carbonyl (C=O) groups excluding carboxylic acids is 2. The van der Waals surface area contributed by atoms with Crippen LogP contribution in [-0.2, 0) is 17.8 Å². The minimum Gasteiger partial charge on any atom is -0.467 e. The van der Waals surface area contributed by atoms with Crippen LogP contribution in [0.25, 0.3) is 0 Å². The first-order valence-electron chi connectivity index (χ1n) is 10.2. The van der Waals surface area contributed by atoms with Gasteiger partial charge in [0.2, 0.25) is 0 Å². The van der Waals surface area contributed by atoms with Gasteiger partial charge >= 0.3 is 0 Å². The maximum Gasteiger partial charge on any atom is 0.280 e.